The van der Waals surface area contributed by atoms with Crippen molar-refractivity contribution in [2.24, 2.45) is 0 Å². The smallest absolute Gasteiger partial charge is 0.322 e. The van der Waals surface area contributed by atoms with Gasteiger partial charge in [-0.15, -0.1) is 0 Å². The monoisotopic (exact) mass is 332 g/mol. The van der Waals surface area contributed by atoms with Gasteiger partial charge >= 0.3 is 6.01 Å². The molecule has 1 aromatic carbocycles. The van der Waals surface area contributed by atoms with Crippen molar-refractivity contribution < 1.29 is 4.74 Å². The molecule has 2 rings (SSSR count). The van der Waals surface area contributed by atoms with E-state index in [1.165, 1.54) is 0 Å². The van der Waals surface area contributed by atoms with Crippen LogP contribution in [0.5, 0.6) is 6.01 Å². The van der Waals surface area contributed by atoms with Gasteiger partial charge in [0.15, 0.2) is 0 Å². The molecule has 0 aliphatic heterocycles. The molecule has 106 valence electrons. The lowest BCUT2D eigenvalue weighted by molar-refractivity contribution is 0.222. The lowest BCUT2D eigenvalue weighted by Crippen LogP contribution is -2.10. The molecule has 2 aromatic rings. The average Bonchev–Trinajstić information content (AvgIpc) is 2.32. The van der Waals surface area contributed by atoms with Gasteiger partial charge in [-0.3, -0.25) is 0 Å². The lowest BCUT2D eigenvalue weighted by Gasteiger charge is -2.10. The Labute approximate surface area is 131 Å². The highest BCUT2D eigenvalue weighted by Gasteiger charge is 2.09. The van der Waals surface area contributed by atoms with E-state index in [-0.39, 0.29) is 23.3 Å². The minimum atomic E-state index is -0.0731. The van der Waals surface area contributed by atoms with Crippen LogP contribution in [0, 0.1) is 0 Å². The van der Waals surface area contributed by atoms with Crippen LogP contribution < -0.4 is 10.1 Å². The maximum atomic E-state index is 6.05. The number of hydrogen-bond acceptors (Lipinski definition) is 5. The Bertz CT molecular complexity index is 622. The molecule has 0 aliphatic carbocycles. The van der Waals surface area contributed by atoms with E-state index < -0.39 is 0 Å². The number of hydrogen-bond donors (Lipinski definition) is 1. The third kappa shape index (κ3) is 4.10. The fourth-order valence-corrected chi connectivity index (χ4v) is 1.85. The first kappa shape index (κ1) is 15.1. The van der Waals surface area contributed by atoms with E-state index in [4.69, 9.17) is 39.5 Å². The third-order valence-corrected chi connectivity index (χ3v) is 2.84. The number of nitrogens with zero attached hydrogens (tertiary/aromatic N) is 3. The molecule has 0 bridgehead atoms. The average molecular weight is 334 g/mol. The zero-order valence-corrected chi connectivity index (χ0v) is 13.0. The number of halogens is 3. The number of benzene rings is 1. The Morgan fingerprint density at radius 1 is 1.10 bits per heavy atom. The van der Waals surface area contributed by atoms with E-state index in [2.05, 4.69) is 20.3 Å². The molecule has 0 unspecified atom stereocenters. The first-order valence-corrected chi connectivity index (χ1v) is 6.88. The van der Waals surface area contributed by atoms with Gasteiger partial charge in [0.05, 0.1) is 16.8 Å². The predicted molar refractivity (Wildman–Crippen MR) is 80.3 cm³/mol. The van der Waals surface area contributed by atoms with Crippen LogP contribution in [-0.2, 0) is 0 Å². The second-order valence-electron chi connectivity index (χ2n) is 4.13. The molecule has 5 nitrogen and oxygen atoms in total. The van der Waals surface area contributed by atoms with Gasteiger partial charge in [-0.2, -0.15) is 15.0 Å². The maximum Gasteiger partial charge on any atom is 0.322 e. The van der Waals surface area contributed by atoms with Gasteiger partial charge in [0, 0.05) is 5.02 Å². The Balaban J connectivity index is 2.28. The second kappa shape index (κ2) is 6.43. The van der Waals surface area contributed by atoms with Crippen LogP contribution in [0.1, 0.15) is 13.8 Å². The largest absolute Gasteiger partial charge is 0.461 e. The molecule has 0 spiro atoms. The van der Waals surface area contributed by atoms with E-state index in [1.54, 1.807) is 18.2 Å². The molecule has 1 aromatic heterocycles. The van der Waals surface area contributed by atoms with Crippen molar-refractivity contribution >= 4 is 46.4 Å². The number of ether oxygens (including phenoxy) is 1. The summed E-state index contributed by atoms with van der Waals surface area (Å²) in [6.07, 6.45) is -0.0731. The quantitative estimate of drug-likeness (QED) is 0.900. The topological polar surface area (TPSA) is 59.9 Å². The van der Waals surface area contributed by atoms with Crippen molar-refractivity contribution in [3.63, 3.8) is 0 Å². The molecule has 8 heteroatoms. The first-order valence-electron chi connectivity index (χ1n) is 5.74. The van der Waals surface area contributed by atoms with Gasteiger partial charge in [0.25, 0.3) is 0 Å². The molecule has 0 radical (unpaired) electrons. The fourth-order valence-electron chi connectivity index (χ4n) is 1.37. The van der Waals surface area contributed by atoms with Crippen LogP contribution in [0.15, 0.2) is 18.2 Å². The van der Waals surface area contributed by atoms with Crippen molar-refractivity contribution in [2.45, 2.75) is 20.0 Å². The van der Waals surface area contributed by atoms with Gasteiger partial charge < -0.3 is 10.1 Å². The van der Waals surface area contributed by atoms with Crippen molar-refractivity contribution in [1.82, 2.24) is 15.0 Å². The van der Waals surface area contributed by atoms with E-state index in [1.807, 2.05) is 13.8 Å². The lowest BCUT2D eigenvalue weighted by atomic mass is 10.3. The summed E-state index contributed by atoms with van der Waals surface area (Å²) in [6.45, 7) is 3.72. The maximum absolute atomic E-state index is 6.05. The molecule has 0 atom stereocenters. The summed E-state index contributed by atoms with van der Waals surface area (Å²) >= 11 is 17.8. The van der Waals surface area contributed by atoms with E-state index >= 15 is 0 Å². The summed E-state index contributed by atoms with van der Waals surface area (Å²) in [5, 5.41) is 3.97. The molecular weight excluding hydrogens is 323 g/mol. The SMILES string of the molecule is CC(C)Oc1nc(Cl)nc(Nc2cc(Cl)ccc2Cl)n1. The molecule has 0 fully saturated rings. The van der Waals surface area contributed by atoms with Crippen molar-refractivity contribution in [3.8, 4) is 6.01 Å². The highest BCUT2D eigenvalue weighted by atomic mass is 35.5. The summed E-state index contributed by atoms with van der Waals surface area (Å²) in [5.41, 5.74) is 0.567. The third-order valence-electron chi connectivity index (χ3n) is 2.10. The number of aromatic nitrogens is 3. The molecular formula is C12H11Cl3N4O. The summed E-state index contributed by atoms with van der Waals surface area (Å²) in [7, 11) is 0. The van der Waals surface area contributed by atoms with Crippen molar-refractivity contribution in [3.05, 3.63) is 33.5 Å². The van der Waals surface area contributed by atoms with E-state index in [9.17, 15) is 0 Å². The van der Waals surface area contributed by atoms with Crippen molar-refractivity contribution in [2.75, 3.05) is 5.32 Å². The van der Waals surface area contributed by atoms with E-state index in [0.29, 0.717) is 15.7 Å². The van der Waals surface area contributed by atoms with Gasteiger partial charge in [-0.05, 0) is 43.6 Å². The molecule has 0 saturated carbocycles. The minimum Gasteiger partial charge on any atom is -0.461 e. The highest BCUT2D eigenvalue weighted by Crippen LogP contribution is 2.28. The van der Waals surface area contributed by atoms with Crippen molar-refractivity contribution in [1.29, 1.82) is 0 Å². The van der Waals surface area contributed by atoms with Crippen LogP contribution in [0.2, 0.25) is 15.3 Å². The first-order chi connectivity index (χ1) is 9.44. The van der Waals surface area contributed by atoms with E-state index in [0.717, 1.165) is 0 Å². The molecule has 1 N–H and O–H groups in total. The Hall–Kier alpha value is -1.30. The van der Waals surface area contributed by atoms with Crippen LogP contribution in [0.4, 0.5) is 11.6 Å². The Morgan fingerprint density at radius 3 is 2.55 bits per heavy atom. The number of anilines is 2. The summed E-state index contributed by atoms with van der Waals surface area (Å²) in [5.74, 6) is 0.227. The fraction of sp³-hybridized carbons (Fsp3) is 0.250. The second-order valence-corrected chi connectivity index (χ2v) is 5.31. The minimum absolute atomic E-state index is 0.0244. The number of nitrogens with one attached hydrogen (secondary N) is 1. The van der Waals surface area contributed by atoms with Crippen LogP contribution in [-0.4, -0.2) is 21.1 Å². The predicted octanol–water partition coefficient (Wildman–Crippen LogP) is 4.36. The van der Waals surface area contributed by atoms with Gasteiger partial charge in [0.2, 0.25) is 11.2 Å². The summed E-state index contributed by atoms with van der Waals surface area (Å²) in [4.78, 5) is 11.9. The van der Waals surface area contributed by atoms with Crippen LogP contribution >= 0.6 is 34.8 Å². The highest BCUT2D eigenvalue weighted by molar-refractivity contribution is 6.35. The van der Waals surface area contributed by atoms with Crippen LogP contribution in [0.3, 0.4) is 0 Å². The Morgan fingerprint density at radius 2 is 1.85 bits per heavy atom. The molecule has 1 heterocycles. The normalized spacial score (nSPS) is 10.7. The number of rotatable bonds is 4. The van der Waals surface area contributed by atoms with Gasteiger partial charge in [-0.25, -0.2) is 0 Å². The summed E-state index contributed by atoms with van der Waals surface area (Å²) < 4.78 is 5.38. The van der Waals surface area contributed by atoms with Crippen LogP contribution in [0.25, 0.3) is 0 Å². The molecule has 20 heavy (non-hydrogen) atoms. The molecule has 0 amide bonds. The molecule has 0 saturated heterocycles. The Kier molecular flexibility index (Phi) is 4.86. The van der Waals surface area contributed by atoms with Gasteiger partial charge in [0.1, 0.15) is 0 Å². The molecule has 0 aliphatic rings. The summed E-state index contributed by atoms with van der Waals surface area (Å²) in [6, 6.07) is 5.15. The zero-order chi connectivity index (χ0) is 14.7. The van der Waals surface area contributed by atoms with Gasteiger partial charge in [-0.1, -0.05) is 23.2 Å². The standard InChI is InChI=1S/C12H11Cl3N4O/c1-6(2)20-12-18-10(15)17-11(19-12)16-9-5-7(13)3-4-8(9)14/h3-6H,1-2H3,(H,16,17,18,19). The zero-order valence-electron chi connectivity index (χ0n) is 10.7.